The van der Waals surface area contributed by atoms with Crippen LogP contribution in [0, 0.1) is 19.3 Å². The van der Waals surface area contributed by atoms with Crippen molar-refractivity contribution < 1.29 is 5.11 Å². The van der Waals surface area contributed by atoms with Gasteiger partial charge in [0, 0.05) is 30.9 Å². The summed E-state index contributed by atoms with van der Waals surface area (Å²) in [5.41, 5.74) is 3.89. The van der Waals surface area contributed by atoms with E-state index in [1.54, 1.807) is 0 Å². The highest BCUT2D eigenvalue weighted by molar-refractivity contribution is 5.24. The van der Waals surface area contributed by atoms with Gasteiger partial charge in [-0.05, 0) is 39.3 Å². The van der Waals surface area contributed by atoms with Crippen molar-refractivity contribution in [3.8, 4) is 0 Å². The average Bonchev–Trinajstić information content (AvgIpc) is 2.85. The number of hydrogen-bond donors (Lipinski definition) is 2. The van der Waals surface area contributed by atoms with E-state index in [4.69, 9.17) is 5.11 Å². The third-order valence-electron chi connectivity index (χ3n) is 4.45. The highest BCUT2D eigenvalue weighted by atomic mass is 16.3. The molecule has 1 aliphatic heterocycles. The quantitative estimate of drug-likeness (QED) is 0.814. The van der Waals surface area contributed by atoms with Gasteiger partial charge in [0.15, 0.2) is 0 Å². The van der Waals surface area contributed by atoms with Crippen LogP contribution >= 0.6 is 0 Å². The second-order valence-electron chi connectivity index (χ2n) is 6.50. The Morgan fingerprint density at radius 3 is 2.75 bits per heavy atom. The lowest BCUT2D eigenvalue weighted by molar-refractivity contribution is 0.267. The fourth-order valence-electron chi connectivity index (χ4n) is 3.21. The summed E-state index contributed by atoms with van der Waals surface area (Å²) in [7, 11) is 2.19. The zero-order valence-corrected chi connectivity index (χ0v) is 13.2. The van der Waals surface area contributed by atoms with Crippen LogP contribution in [-0.2, 0) is 13.1 Å². The summed E-state index contributed by atoms with van der Waals surface area (Å²) in [5.74, 6) is 0. The molecule has 20 heavy (non-hydrogen) atoms. The van der Waals surface area contributed by atoms with Gasteiger partial charge in [-0.2, -0.15) is 5.10 Å². The number of nitrogens with zero attached hydrogens (tertiary/aromatic N) is 3. The van der Waals surface area contributed by atoms with Crippen LogP contribution in [0.1, 0.15) is 30.3 Å². The Hall–Kier alpha value is -0.910. The van der Waals surface area contributed by atoms with Gasteiger partial charge >= 0.3 is 0 Å². The van der Waals surface area contributed by atoms with Crippen molar-refractivity contribution in [3.63, 3.8) is 0 Å². The normalized spacial score (nSPS) is 23.6. The van der Waals surface area contributed by atoms with Crippen LogP contribution in [0.15, 0.2) is 0 Å². The van der Waals surface area contributed by atoms with Gasteiger partial charge in [0.25, 0.3) is 0 Å². The second-order valence-corrected chi connectivity index (χ2v) is 6.50. The predicted molar refractivity (Wildman–Crippen MR) is 80.7 cm³/mol. The molecule has 2 rings (SSSR count). The van der Waals surface area contributed by atoms with Crippen molar-refractivity contribution in [2.45, 2.75) is 40.3 Å². The Morgan fingerprint density at radius 2 is 2.15 bits per heavy atom. The van der Waals surface area contributed by atoms with Crippen molar-refractivity contribution >= 4 is 0 Å². The fourth-order valence-corrected chi connectivity index (χ4v) is 3.21. The minimum Gasteiger partial charge on any atom is -0.394 e. The van der Waals surface area contributed by atoms with E-state index in [-0.39, 0.29) is 6.61 Å². The zero-order valence-electron chi connectivity index (χ0n) is 13.2. The van der Waals surface area contributed by atoms with Crippen molar-refractivity contribution in [1.29, 1.82) is 0 Å². The number of aliphatic hydroxyl groups excluding tert-OH is 1. The molecule has 1 atom stereocenters. The molecule has 5 nitrogen and oxygen atoms in total. The lowest BCUT2D eigenvalue weighted by atomic mass is 9.90. The third kappa shape index (κ3) is 3.40. The Balaban J connectivity index is 1.91. The molecule has 1 aromatic heterocycles. The van der Waals surface area contributed by atoms with Gasteiger partial charge in [0.1, 0.15) is 0 Å². The average molecular weight is 280 g/mol. The number of aryl methyl sites for hydroxylation is 1. The van der Waals surface area contributed by atoms with Crippen LogP contribution in [0.4, 0.5) is 0 Å². The molecule has 114 valence electrons. The van der Waals surface area contributed by atoms with Gasteiger partial charge in [-0.3, -0.25) is 4.68 Å². The van der Waals surface area contributed by atoms with Crippen LogP contribution in [0.25, 0.3) is 0 Å². The summed E-state index contributed by atoms with van der Waals surface area (Å²) in [6, 6.07) is 0. The first-order valence-electron chi connectivity index (χ1n) is 7.48. The van der Waals surface area contributed by atoms with Crippen LogP contribution in [-0.4, -0.2) is 53.1 Å². The molecular weight excluding hydrogens is 252 g/mol. The van der Waals surface area contributed by atoms with Gasteiger partial charge < -0.3 is 15.3 Å². The van der Waals surface area contributed by atoms with Crippen molar-refractivity contribution in [2.75, 3.05) is 33.3 Å². The first-order valence-corrected chi connectivity index (χ1v) is 7.48. The summed E-state index contributed by atoms with van der Waals surface area (Å²) in [4.78, 5) is 2.40. The minimum absolute atomic E-state index is 0.138. The van der Waals surface area contributed by atoms with E-state index >= 15 is 0 Å². The standard InChI is InChI=1S/C15H28N4O/c1-12-14(13(2)19(17-12)7-8-20)9-16-10-15(3)5-6-18(4)11-15/h16,20H,5-11H2,1-4H3. The number of likely N-dealkylation sites (tertiary alicyclic amines) is 1. The van der Waals surface area contributed by atoms with Crippen molar-refractivity contribution in [1.82, 2.24) is 20.0 Å². The van der Waals surface area contributed by atoms with E-state index in [0.717, 1.165) is 24.5 Å². The molecule has 1 unspecified atom stereocenters. The highest BCUT2D eigenvalue weighted by Gasteiger charge is 2.31. The number of hydrogen-bond acceptors (Lipinski definition) is 4. The monoisotopic (exact) mass is 280 g/mol. The molecule has 0 amide bonds. The summed E-state index contributed by atoms with van der Waals surface area (Å²) in [5, 5.41) is 17.1. The zero-order chi connectivity index (χ0) is 14.8. The van der Waals surface area contributed by atoms with E-state index in [0.29, 0.717) is 12.0 Å². The predicted octanol–water partition coefficient (Wildman–Crippen LogP) is 0.924. The van der Waals surface area contributed by atoms with Crippen LogP contribution in [0.3, 0.4) is 0 Å². The molecule has 0 bridgehead atoms. The maximum Gasteiger partial charge on any atom is 0.0644 e. The lowest BCUT2D eigenvalue weighted by Gasteiger charge is -2.24. The minimum atomic E-state index is 0.138. The van der Waals surface area contributed by atoms with Gasteiger partial charge in [0.2, 0.25) is 0 Å². The number of nitrogens with one attached hydrogen (secondary N) is 1. The summed E-state index contributed by atoms with van der Waals surface area (Å²) in [6.45, 7) is 11.5. The molecular formula is C15H28N4O. The molecule has 2 heterocycles. The molecule has 2 N–H and O–H groups in total. The molecule has 0 radical (unpaired) electrons. The Bertz CT molecular complexity index is 457. The summed E-state index contributed by atoms with van der Waals surface area (Å²) >= 11 is 0. The lowest BCUT2D eigenvalue weighted by Crippen LogP contribution is -2.33. The Labute approximate surface area is 122 Å². The molecule has 5 heteroatoms. The van der Waals surface area contributed by atoms with Crippen molar-refractivity contribution in [3.05, 3.63) is 17.0 Å². The molecule has 0 spiro atoms. The molecule has 1 fully saturated rings. The molecule has 0 aromatic carbocycles. The van der Waals surface area contributed by atoms with Crippen molar-refractivity contribution in [2.24, 2.45) is 5.41 Å². The van der Waals surface area contributed by atoms with Crippen LogP contribution in [0.5, 0.6) is 0 Å². The van der Waals surface area contributed by atoms with Gasteiger partial charge in [0.05, 0.1) is 18.8 Å². The maximum atomic E-state index is 9.04. The Kier molecular flexibility index (Phi) is 4.83. The molecule has 1 aliphatic rings. The first kappa shape index (κ1) is 15.5. The molecule has 1 saturated heterocycles. The van der Waals surface area contributed by atoms with Crippen LogP contribution < -0.4 is 5.32 Å². The van der Waals surface area contributed by atoms with E-state index < -0.39 is 0 Å². The van der Waals surface area contributed by atoms with Gasteiger partial charge in [-0.1, -0.05) is 6.92 Å². The second kappa shape index (κ2) is 6.24. The number of aromatic nitrogens is 2. The molecule has 0 aliphatic carbocycles. The third-order valence-corrected chi connectivity index (χ3v) is 4.45. The topological polar surface area (TPSA) is 53.3 Å². The van der Waals surface area contributed by atoms with E-state index in [1.807, 2.05) is 11.6 Å². The highest BCUT2D eigenvalue weighted by Crippen LogP contribution is 2.28. The first-order chi connectivity index (χ1) is 9.45. The van der Waals surface area contributed by atoms with Gasteiger partial charge in [-0.15, -0.1) is 0 Å². The SMILES string of the molecule is Cc1nn(CCO)c(C)c1CNCC1(C)CCN(C)C1. The van der Waals surface area contributed by atoms with E-state index in [1.165, 1.54) is 25.1 Å². The van der Waals surface area contributed by atoms with Crippen LogP contribution in [0.2, 0.25) is 0 Å². The maximum absolute atomic E-state index is 9.04. The van der Waals surface area contributed by atoms with Gasteiger partial charge in [-0.25, -0.2) is 0 Å². The molecule has 0 saturated carbocycles. The fraction of sp³-hybridized carbons (Fsp3) is 0.800. The molecule has 1 aromatic rings. The number of rotatable bonds is 6. The summed E-state index contributed by atoms with van der Waals surface area (Å²) < 4.78 is 1.90. The summed E-state index contributed by atoms with van der Waals surface area (Å²) in [6.07, 6.45) is 1.26. The van der Waals surface area contributed by atoms with E-state index in [9.17, 15) is 0 Å². The largest absolute Gasteiger partial charge is 0.394 e. The smallest absolute Gasteiger partial charge is 0.0644 e. The number of aliphatic hydroxyl groups is 1. The van der Waals surface area contributed by atoms with E-state index in [2.05, 4.69) is 36.2 Å². The Morgan fingerprint density at radius 1 is 1.40 bits per heavy atom.